The summed E-state index contributed by atoms with van der Waals surface area (Å²) in [6.45, 7) is 3.30. The van der Waals surface area contributed by atoms with Gasteiger partial charge in [-0.15, -0.1) is 0 Å². The predicted octanol–water partition coefficient (Wildman–Crippen LogP) is 4.45. The molecule has 0 aliphatic rings. The van der Waals surface area contributed by atoms with Gasteiger partial charge in [-0.05, 0) is 49.1 Å². The second-order valence-corrected chi connectivity index (χ2v) is 5.67. The number of aromatic nitrogens is 2. The van der Waals surface area contributed by atoms with E-state index in [0.29, 0.717) is 19.1 Å². The average Bonchev–Trinajstić information content (AvgIpc) is 3.11. The lowest BCUT2D eigenvalue weighted by molar-refractivity contribution is 0.116. The number of benzene rings is 1. The van der Waals surface area contributed by atoms with Gasteiger partial charge in [0.1, 0.15) is 12.0 Å². The SMILES string of the molecule is CCc1ccc(-c2nc(COCCCc3ccccn3)co2)cc1. The van der Waals surface area contributed by atoms with Crippen LogP contribution in [0.5, 0.6) is 0 Å². The molecule has 0 bridgehead atoms. The molecule has 3 aromatic rings. The Kier molecular flexibility index (Phi) is 5.75. The maximum Gasteiger partial charge on any atom is 0.226 e. The molecule has 24 heavy (non-hydrogen) atoms. The minimum Gasteiger partial charge on any atom is -0.444 e. The first kappa shape index (κ1) is 16.4. The van der Waals surface area contributed by atoms with Crippen molar-refractivity contribution >= 4 is 0 Å². The van der Waals surface area contributed by atoms with Crippen LogP contribution in [0.2, 0.25) is 0 Å². The predicted molar refractivity (Wildman–Crippen MR) is 93.5 cm³/mol. The molecule has 0 fully saturated rings. The van der Waals surface area contributed by atoms with Crippen molar-refractivity contribution in [2.24, 2.45) is 0 Å². The molecule has 4 heteroatoms. The van der Waals surface area contributed by atoms with Crippen LogP contribution < -0.4 is 0 Å². The van der Waals surface area contributed by atoms with Crippen LogP contribution in [0.1, 0.15) is 30.3 Å². The summed E-state index contributed by atoms with van der Waals surface area (Å²) in [6, 6.07) is 14.3. The van der Waals surface area contributed by atoms with E-state index in [1.807, 2.05) is 36.5 Å². The van der Waals surface area contributed by atoms with Crippen LogP contribution in [0.15, 0.2) is 59.3 Å². The van der Waals surface area contributed by atoms with E-state index in [4.69, 9.17) is 9.15 Å². The molecular weight excluding hydrogens is 300 g/mol. The summed E-state index contributed by atoms with van der Waals surface area (Å²) in [6.07, 6.45) is 6.39. The van der Waals surface area contributed by atoms with Gasteiger partial charge in [-0.25, -0.2) is 4.98 Å². The topological polar surface area (TPSA) is 48.2 Å². The van der Waals surface area contributed by atoms with Crippen LogP contribution in [-0.4, -0.2) is 16.6 Å². The van der Waals surface area contributed by atoms with E-state index < -0.39 is 0 Å². The van der Waals surface area contributed by atoms with Crippen molar-refractivity contribution in [1.29, 1.82) is 0 Å². The fourth-order valence-corrected chi connectivity index (χ4v) is 2.47. The van der Waals surface area contributed by atoms with Crippen LogP contribution >= 0.6 is 0 Å². The van der Waals surface area contributed by atoms with Crippen LogP contribution in [0.3, 0.4) is 0 Å². The monoisotopic (exact) mass is 322 g/mol. The lowest BCUT2D eigenvalue weighted by Crippen LogP contribution is -1.98. The minimum atomic E-state index is 0.471. The molecule has 0 unspecified atom stereocenters. The van der Waals surface area contributed by atoms with E-state index in [-0.39, 0.29) is 0 Å². The summed E-state index contributed by atoms with van der Waals surface area (Å²) in [7, 11) is 0. The molecule has 2 heterocycles. The van der Waals surface area contributed by atoms with Crippen molar-refractivity contribution in [2.75, 3.05) is 6.61 Å². The maximum absolute atomic E-state index is 5.68. The largest absolute Gasteiger partial charge is 0.444 e. The average molecular weight is 322 g/mol. The van der Waals surface area contributed by atoms with Gasteiger partial charge in [0.05, 0.1) is 6.61 Å². The summed E-state index contributed by atoms with van der Waals surface area (Å²) in [5.41, 5.74) is 4.22. The first-order valence-corrected chi connectivity index (χ1v) is 8.36. The van der Waals surface area contributed by atoms with Gasteiger partial charge < -0.3 is 9.15 Å². The third-order valence-electron chi connectivity index (χ3n) is 3.86. The number of rotatable bonds is 8. The summed E-state index contributed by atoms with van der Waals surface area (Å²) in [4.78, 5) is 8.79. The van der Waals surface area contributed by atoms with Crippen molar-refractivity contribution in [1.82, 2.24) is 9.97 Å². The zero-order chi connectivity index (χ0) is 16.6. The summed E-state index contributed by atoms with van der Waals surface area (Å²) >= 11 is 0. The number of nitrogens with zero attached hydrogens (tertiary/aromatic N) is 2. The highest BCUT2D eigenvalue weighted by atomic mass is 16.5. The Morgan fingerprint density at radius 1 is 1.04 bits per heavy atom. The van der Waals surface area contributed by atoms with Crippen LogP contribution in [0.4, 0.5) is 0 Å². The van der Waals surface area contributed by atoms with Crippen LogP contribution in [0, 0.1) is 0 Å². The summed E-state index contributed by atoms with van der Waals surface area (Å²) < 4.78 is 11.2. The van der Waals surface area contributed by atoms with Gasteiger partial charge in [0.15, 0.2) is 0 Å². The fraction of sp³-hybridized carbons (Fsp3) is 0.300. The Balaban J connectivity index is 1.44. The standard InChI is InChI=1S/C20H22N2O2/c1-2-16-8-10-17(11-9-16)20-22-19(15-24-20)14-23-13-5-7-18-6-3-4-12-21-18/h3-4,6,8-12,15H,2,5,7,13-14H2,1H3. The first-order valence-electron chi connectivity index (χ1n) is 8.36. The Labute approximate surface area is 142 Å². The summed E-state index contributed by atoms with van der Waals surface area (Å²) in [5.74, 6) is 0.643. The van der Waals surface area contributed by atoms with Gasteiger partial charge in [-0.1, -0.05) is 25.1 Å². The van der Waals surface area contributed by atoms with Crippen molar-refractivity contribution in [3.63, 3.8) is 0 Å². The third-order valence-corrected chi connectivity index (χ3v) is 3.86. The van der Waals surface area contributed by atoms with Gasteiger partial charge in [-0.3, -0.25) is 4.98 Å². The molecule has 1 aromatic carbocycles. The van der Waals surface area contributed by atoms with Crippen molar-refractivity contribution in [3.8, 4) is 11.5 Å². The molecule has 3 rings (SSSR count). The van der Waals surface area contributed by atoms with Gasteiger partial charge in [0.25, 0.3) is 0 Å². The number of hydrogen-bond acceptors (Lipinski definition) is 4. The second-order valence-electron chi connectivity index (χ2n) is 5.67. The van der Waals surface area contributed by atoms with Gasteiger partial charge >= 0.3 is 0 Å². The van der Waals surface area contributed by atoms with Crippen molar-refractivity contribution < 1.29 is 9.15 Å². The molecule has 0 spiro atoms. The highest BCUT2D eigenvalue weighted by Gasteiger charge is 2.07. The van der Waals surface area contributed by atoms with Crippen molar-refractivity contribution in [3.05, 3.63) is 71.9 Å². The second kappa shape index (κ2) is 8.41. The Hall–Kier alpha value is -2.46. The van der Waals surface area contributed by atoms with Crippen LogP contribution in [0.25, 0.3) is 11.5 Å². The lowest BCUT2D eigenvalue weighted by atomic mass is 10.1. The van der Waals surface area contributed by atoms with Crippen molar-refractivity contribution in [2.45, 2.75) is 32.8 Å². The number of oxazole rings is 1. The molecule has 0 saturated carbocycles. The molecule has 0 atom stereocenters. The number of hydrogen-bond donors (Lipinski definition) is 0. The third kappa shape index (κ3) is 4.52. The van der Waals surface area contributed by atoms with Crippen LogP contribution in [-0.2, 0) is 24.2 Å². The molecule has 124 valence electrons. The number of ether oxygens (including phenoxy) is 1. The Morgan fingerprint density at radius 2 is 1.92 bits per heavy atom. The van der Waals surface area contributed by atoms with Gasteiger partial charge in [0, 0.05) is 24.1 Å². The van der Waals surface area contributed by atoms with E-state index >= 15 is 0 Å². The van der Waals surface area contributed by atoms with Gasteiger partial charge in [-0.2, -0.15) is 0 Å². The molecule has 0 aliphatic carbocycles. The van der Waals surface area contributed by atoms with Gasteiger partial charge in [0.2, 0.25) is 5.89 Å². The first-order chi connectivity index (χ1) is 11.8. The quantitative estimate of drug-likeness (QED) is 0.575. The number of pyridine rings is 1. The summed E-state index contributed by atoms with van der Waals surface area (Å²) in [5, 5.41) is 0. The molecule has 0 saturated heterocycles. The van der Waals surface area contributed by atoms with E-state index in [1.54, 1.807) is 6.26 Å². The Bertz CT molecular complexity index is 736. The molecule has 0 aliphatic heterocycles. The zero-order valence-corrected chi connectivity index (χ0v) is 13.9. The smallest absolute Gasteiger partial charge is 0.226 e. The normalized spacial score (nSPS) is 10.9. The highest BCUT2D eigenvalue weighted by Crippen LogP contribution is 2.19. The maximum atomic E-state index is 5.68. The molecule has 2 aromatic heterocycles. The lowest BCUT2D eigenvalue weighted by Gasteiger charge is -2.02. The van der Waals surface area contributed by atoms with E-state index in [1.165, 1.54) is 5.56 Å². The highest BCUT2D eigenvalue weighted by molar-refractivity contribution is 5.53. The van der Waals surface area contributed by atoms with E-state index in [9.17, 15) is 0 Å². The molecule has 0 N–H and O–H groups in total. The molecule has 4 nitrogen and oxygen atoms in total. The molecule has 0 amide bonds. The minimum absolute atomic E-state index is 0.471. The zero-order valence-electron chi connectivity index (χ0n) is 13.9. The number of aryl methyl sites for hydroxylation is 2. The van der Waals surface area contributed by atoms with E-state index in [0.717, 1.165) is 36.2 Å². The van der Waals surface area contributed by atoms with E-state index in [2.05, 4.69) is 29.0 Å². The Morgan fingerprint density at radius 3 is 2.67 bits per heavy atom. The molecule has 0 radical (unpaired) electrons. The molecular formula is C20H22N2O2. The fourth-order valence-electron chi connectivity index (χ4n) is 2.47.